The summed E-state index contributed by atoms with van der Waals surface area (Å²) < 4.78 is 0.437. The summed E-state index contributed by atoms with van der Waals surface area (Å²) >= 11 is 3.93. The number of hydrogen-bond donors (Lipinski definition) is 1. The van der Waals surface area contributed by atoms with E-state index in [4.69, 9.17) is 0 Å². The first-order chi connectivity index (χ1) is 8.16. The molecule has 0 bridgehead atoms. The quantitative estimate of drug-likeness (QED) is 0.828. The minimum Gasteiger partial charge on any atom is -0.311 e. The third-order valence-electron chi connectivity index (χ3n) is 2.99. The Balaban J connectivity index is 1.62. The van der Waals surface area contributed by atoms with Gasteiger partial charge in [0.15, 0.2) is 0 Å². The van der Waals surface area contributed by atoms with E-state index in [9.17, 15) is 0 Å². The summed E-state index contributed by atoms with van der Waals surface area (Å²) in [6.07, 6.45) is 0. The summed E-state index contributed by atoms with van der Waals surface area (Å²) in [6, 6.07) is 4.31. The highest BCUT2D eigenvalue weighted by Gasteiger charge is 2.26. The average Bonchev–Trinajstić information content (AvgIpc) is 2.76. The van der Waals surface area contributed by atoms with Gasteiger partial charge in [-0.25, -0.2) is 0 Å². The zero-order chi connectivity index (χ0) is 12.1. The molecule has 0 spiro atoms. The Morgan fingerprint density at radius 1 is 1.47 bits per heavy atom. The Morgan fingerprint density at radius 2 is 2.35 bits per heavy atom. The Hall–Kier alpha value is -0.0300. The molecule has 1 fully saturated rings. The van der Waals surface area contributed by atoms with Crippen LogP contribution in [-0.4, -0.2) is 41.6 Å². The molecule has 1 aliphatic heterocycles. The SMILES string of the molecule is CC1(C)CN(CCNCc2cccs2)CCS1. The van der Waals surface area contributed by atoms with Gasteiger partial charge in [0, 0.05) is 48.1 Å². The van der Waals surface area contributed by atoms with Crippen molar-refractivity contribution in [3.05, 3.63) is 22.4 Å². The third kappa shape index (κ3) is 4.62. The van der Waals surface area contributed by atoms with Gasteiger partial charge in [0.05, 0.1) is 0 Å². The summed E-state index contributed by atoms with van der Waals surface area (Å²) in [5, 5.41) is 5.66. The molecule has 2 nitrogen and oxygen atoms in total. The standard InChI is InChI=1S/C13H22N2S2/c1-13(2)11-15(7-9-17-13)6-5-14-10-12-4-3-8-16-12/h3-4,8,14H,5-7,9-11H2,1-2H3. The molecule has 0 atom stereocenters. The lowest BCUT2D eigenvalue weighted by atomic mass is 10.2. The predicted molar refractivity (Wildman–Crippen MR) is 79.0 cm³/mol. The number of thiophene rings is 1. The second-order valence-corrected chi connectivity index (χ2v) is 7.97. The van der Waals surface area contributed by atoms with Crippen LogP contribution in [0.4, 0.5) is 0 Å². The first-order valence-corrected chi connectivity index (χ1v) is 8.12. The van der Waals surface area contributed by atoms with Crippen molar-refractivity contribution in [1.29, 1.82) is 0 Å². The highest BCUT2D eigenvalue weighted by atomic mass is 32.2. The molecule has 2 rings (SSSR count). The van der Waals surface area contributed by atoms with Gasteiger partial charge >= 0.3 is 0 Å². The van der Waals surface area contributed by atoms with Gasteiger partial charge in [0.25, 0.3) is 0 Å². The molecule has 96 valence electrons. The lowest BCUT2D eigenvalue weighted by Crippen LogP contribution is -2.45. The van der Waals surface area contributed by atoms with E-state index in [2.05, 4.69) is 53.3 Å². The fraction of sp³-hybridized carbons (Fsp3) is 0.692. The summed E-state index contributed by atoms with van der Waals surface area (Å²) in [5.74, 6) is 1.28. The highest BCUT2D eigenvalue weighted by molar-refractivity contribution is 8.00. The number of nitrogens with zero attached hydrogens (tertiary/aromatic N) is 1. The van der Waals surface area contributed by atoms with Gasteiger partial charge in [-0.05, 0) is 25.3 Å². The maximum atomic E-state index is 3.52. The van der Waals surface area contributed by atoms with E-state index in [1.165, 1.54) is 30.3 Å². The minimum absolute atomic E-state index is 0.437. The molecule has 0 aromatic carbocycles. The molecule has 0 aliphatic carbocycles. The minimum atomic E-state index is 0.437. The van der Waals surface area contributed by atoms with Crippen LogP contribution < -0.4 is 5.32 Å². The van der Waals surface area contributed by atoms with Gasteiger partial charge < -0.3 is 5.32 Å². The summed E-state index contributed by atoms with van der Waals surface area (Å²) in [6.45, 7) is 10.5. The molecule has 1 aliphatic rings. The molecule has 2 heterocycles. The summed E-state index contributed by atoms with van der Waals surface area (Å²) in [5.41, 5.74) is 0. The van der Waals surface area contributed by atoms with Crippen LogP contribution in [0.2, 0.25) is 0 Å². The summed E-state index contributed by atoms with van der Waals surface area (Å²) in [7, 11) is 0. The van der Waals surface area contributed by atoms with Crippen molar-refractivity contribution < 1.29 is 0 Å². The highest BCUT2D eigenvalue weighted by Crippen LogP contribution is 2.29. The summed E-state index contributed by atoms with van der Waals surface area (Å²) in [4.78, 5) is 4.01. The van der Waals surface area contributed by atoms with Gasteiger partial charge in [-0.2, -0.15) is 11.8 Å². The van der Waals surface area contributed by atoms with Gasteiger partial charge in [-0.1, -0.05) is 6.07 Å². The van der Waals surface area contributed by atoms with Crippen LogP contribution in [0.3, 0.4) is 0 Å². The van der Waals surface area contributed by atoms with Gasteiger partial charge in [-0.3, -0.25) is 4.90 Å². The Morgan fingerprint density at radius 3 is 3.06 bits per heavy atom. The van der Waals surface area contributed by atoms with E-state index in [0.717, 1.165) is 13.1 Å². The molecule has 0 amide bonds. The first kappa shape index (κ1) is 13.4. The van der Waals surface area contributed by atoms with E-state index in [1.807, 2.05) is 11.3 Å². The van der Waals surface area contributed by atoms with Gasteiger partial charge in [0.2, 0.25) is 0 Å². The smallest absolute Gasteiger partial charge is 0.0300 e. The molecule has 0 unspecified atom stereocenters. The first-order valence-electron chi connectivity index (χ1n) is 6.25. The van der Waals surface area contributed by atoms with E-state index < -0.39 is 0 Å². The van der Waals surface area contributed by atoms with E-state index in [-0.39, 0.29) is 0 Å². The van der Waals surface area contributed by atoms with Crippen molar-refractivity contribution in [1.82, 2.24) is 10.2 Å². The average molecular weight is 270 g/mol. The number of thioether (sulfide) groups is 1. The molecule has 0 saturated carbocycles. The maximum Gasteiger partial charge on any atom is 0.0300 e. The van der Waals surface area contributed by atoms with Gasteiger partial charge in [-0.15, -0.1) is 11.3 Å². The van der Waals surface area contributed by atoms with Crippen molar-refractivity contribution in [3.8, 4) is 0 Å². The largest absolute Gasteiger partial charge is 0.311 e. The monoisotopic (exact) mass is 270 g/mol. The van der Waals surface area contributed by atoms with Crippen molar-refractivity contribution >= 4 is 23.1 Å². The van der Waals surface area contributed by atoms with Crippen molar-refractivity contribution in [2.75, 3.05) is 31.9 Å². The van der Waals surface area contributed by atoms with Crippen LogP contribution in [0, 0.1) is 0 Å². The molecule has 4 heteroatoms. The van der Waals surface area contributed by atoms with E-state index >= 15 is 0 Å². The Bertz CT molecular complexity index is 322. The van der Waals surface area contributed by atoms with Crippen LogP contribution >= 0.6 is 23.1 Å². The molecule has 1 saturated heterocycles. The molecule has 0 radical (unpaired) electrons. The molecule has 1 aromatic heterocycles. The lowest BCUT2D eigenvalue weighted by Gasteiger charge is -2.37. The number of rotatable bonds is 5. The van der Waals surface area contributed by atoms with Crippen molar-refractivity contribution in [2.24, 2.45) is 0 Å². The Kier molecular flexibility index (Phi) is 4.91. The van der Waals surface area contributed by atoms with Crippen molar-refractivity contribution in [2.45, 2.75) is 25.1 Å². The van der Waals surface area contributed by atoms with Crippen LogP contribution in [-0.2, 0) is 6.54 Å². The normalized spacial score (nSPS) is 20.6. The fourth-order valence-electron chi connectivity index (χ4n) is 2.17. The van der Waals surface area contributed by atoms with Crippen LogP contribution in [0.25, 0.3) is 0 Å². The second kappa shape index (κ2) is 6.23. The van der Waals surface area contributed by atoms with Crippen LogP contribution in [0.5, 0.6) is 0 Å². The van der Waals surface area contributed by atoms with Crippen molar-refractivity contribution in [3.63, 3.8) is 0 Å². The van der Waals surface area contributed by atoms with Gasteiger partial charge in [0.1, 0.15) is 0 Å². The molecule has 1 aromatic rings. The van der Waals surface area contributed by atoms with E-state index in [0.29, 0.717) is 4.75 Å². The molecule has 1 N–H and O–H groups in total. The topological polar surface area (TPSA) is 15.3 Å². The number of nitrogens with one attached hydrogen (secondary N) is 1. The fourth-order valence-corrected chi connectivity index (χ4v) is 4.02. The number of hydrogen-bond acceptors (Lipinski definition) is 4. The second-order valence-electron chi connectivity index (χ2n) is 5.14. The Labute approximate surface area is 113 Å². The van der Waals surface area contributed by atoms with E-state index in [1.54, 1.807) is 0 Å². The third-order valence-corrected chi connectivity index (χ3v) is 5.16. The lowest BCUT2D eigenvalue weighted by molar-refractivity contribution is 0.260. The zero-order valence-corrected chi connectivity index (χ0v) is 12.4. The molecular weight excluding hydrogens is 248 g/mol. The molecular formula is C13H22N2S2. The van der Waals surface area contributed by atoms with Crippen LogP contribution in [0.15, 0.2) is 17.5 Å². The molecule has 17 heavy (non-hydrogen) atoms. The maximum absolute atomic E-state index is 3.52. The zero-order valence-electron chi connectivity index (χ0n) is 10.7. The van der Waals surface area contributed by atoms with Crippen LogP contribution in [0.1, 0.15) is 18.7 Å². The predicted octanol–water partition coefficient (Wildman–Crippen LogP) is 2.67.